The molecule has 0 aliphatic rings. The molecule has 0 saturated carbocycles. The smallest absolute Gasteiger partial charge is 0.272 e. The van der Waals surface area contributed by atoms with Crippen LogP contribution in [0.25, 0.3) is 0 Å². The van der Waals surface area contributed by atoms with Crippen LogP contribution in [0, 0.1) is 0 Å². The lowest BCUT2D eigenvalue weighted by atomic mass is 10.2. The van der Waals surface area contributed by atoms with E-state index in [4.69, 9.17) is 4.31 Å². The molecular weight excluding hydrogens is 510 g/mol. The van der Waals surface area contributed by atoms with E-state index in [1.165, 1.54) is 48.5 Å². The molecule has 4 aromatic rings. The highest BCUT2D eigenvalue weighted by molar-refractivity contribution is 7.72. The van der Waals surface area contributed by atoms with Crippen LogP contribution < -0.4 is 0 Å². The molecule has 0 fully saturated rings. The first-order valence-corrected chi connectivity index (χ1v) is 15.1. The first kappa shape index (κ1) is 27.2. The molecule has 4 unspecified atom stereocenters. The molecule has 0 aromatic heterocycles. The van der Waals surface area contributed by atoms with Crippen molar-refractivity contribution in [1.82, 2.24) is 0 Å². The molecule has 0 amide bonds. The van der Waals surface area contributed by atoms with Gasteiger partial charge in [0.2, 0.25) is 0 Å². The molecule has 9 heteroatoms. The van der Waals surface area contributed by atoms with Crippen LogP contribution >= 0.6 is 14.7 Å². The molecule has 0 bridgehead atoms. The molecule has 0 aliphatic heterocycles. The van der Waals surface area contributed by atoms with Crippen molar-refractivity contribution in [3.63, 3.8) is 0 Å². The van der Waals surface area contributed by atoms with Crippen molar-refractivity contribution < 1.29 is 33.9 Å². The molecule has 0 saturated heterocycles. The maximum absolute atomic E-state index is 14.6. The summed E-state index contributed by atoms with van der Waals surface area (Å²) >= 11 is 0. The molecule has 0 spiro atoms. The van der Waals surface area contributed by atoms with Gasteiger partial charge >= 0.3 is 0 Å². The molecule has 7 nitrogen and oxygen atoms in total. The van der Waals surface area contributed by atoms with Crippen LogP contribution in [0.15, 0.2) is 121 Å². The van der Waals surface area contributed by atoms with E-state index in [-0.39, 0.29) is 22.3 Å². The maximum atomic E-state index is 14.6. The molecular formula is C28H28O7P2. The second kappa shape index (κ2) is 11.7. The summed E-state index contributed by atoms with van der Waals surface area (Å²) in [6, 6.07) is 31.5. The number of hydrogen-bond donors (Lipinski definition) is 4. The van der Waals surface area contributed by atoms with Gasteiger partial charge in [-0.25, -0.2) is 0 Å². The van der Waals surface area contributed by atoms with Crippen LogP contribution in [-0.2, 0) is 13.4 Å². The minimum atomic E-state index is -4.79. The molecule has 37 heavy (non-hydrogen) atoms. The quantitative estimate of drug-likeness (QED) is 0.174. The van der Waals surface area contributed by atoms with E-state index in [2.05, 4.69) is 0 Å². The SMILES string of the molecule is O=P(OP(=O)(C(O)c1ccccc1)C(O)c1ccccc1)(C(O)c1ccccc1)C(O)c1ccccc1. The van der Waals surface area contributed by atoms with Crippen LogP contribution in [0.4, 0.5) is 0 Å². The van der Waals surface area contributed by atoms with Crippen LogP contribution in [0.3, 0.4) is 0 Å². The van der Waals surface area contributed by atoms with E-state index in [9.17, 15) is 29.6 Å². The van der Waals surface area contributed by atoms with Gasteiger partial charge in [-0.2, -0.15) is 0 Å². The number of benzene rings is 4. The Kier molecular flexibility index (Phi) is 8.58. The van der Waals surface area contributed by atoms with Crippen LogP contribution in [0.5, 0.6) is 0 Å². The Morgan fingerprint density at radius 2 is 0.595 bits per heavy atom. The summed E-state index contributed by atoms with van der Waals surface area (Å²) in [5.74, 6) is -7.65. The molecule has 4 N–H and O–H groups in total. The highest BCUT2D eigenvalue weighted by atomic mass is 31.2. The fraction of sp³-hybridized carbons (Fsp3) is 0.143. The van der Waals surface area contributed by atoms with Crippen molar-refractivity contribution in [2.24, 2.45) is 0 Å². The fourth-order valence-corrected chi connectivity index (χ4v) is 9.89. The average molecular weight is 538 g/mol. The molecule has 4 aromatic carbocycles. The van der Waals surface area contributed by atoms with Gasteiger partial charge in [-0.1, -0.05) is 121 Å². The highest BCUT2D eigenvalue weighted by Gasteiger charge is 2.53. The number of aliphatic hydroxyl groups is 4. The Bertz CT molecular complexity index is 1160. The second-order valence-corrected chi connectivity index (χ2v) is 13.7. The molecule has 4 atom stereocenters. The molecule has 0 heterocycles. The van der Waals surface area contributed by atoms with Crippen molar-refractivity contribution in [3.05, 3.63) is 144 Å². The molecule has 4 rings (SSSR count). The van der Waals surface area contributed by atoms with Gasteiger partial charge in [0.1, 0.15) is 0 Å². The van der Waals surface area contributed by atoms with E-state index < -0.39 is 38.1 Å². The summed E-state index contributed by atoms with van der Waals surface area (Å²) in [5, 5.41) is 45.2. The van der Waals surface area contributed by atoms with Crippen molar-refractivity contribution in [3.8, 4) is 0 Å². The van der Waals surface area contributed by atoms with Crippen molar-refractivity contribution >= 4 is 14.7 Å². The van der Waals surface area contributed by atoms with Crippen molar-refractivity contribution in [2.75, 3.05) is 0 Å². The zero-order valence-electron chi connectivity index (χ0n) is 19.8. The van der Waals surface area contributed by atoms with E-state index in [1.807, 2.05) is 0 Å². The lowest BCUT2D eigenvalue weighted by Gasteiger charge is -2.35. The average Bonchev–Trinajstić information content (AvgIpc) is 2.97. The van der Waals surface area contributed by atoms with Crippen LogP contribution in [0.2, 0.25) is 0 Å². The van der Waals surface area contributed by atoms with E-state index >= 15 is 0 Å². The molecule has 192 valence electrons. The van der Waals surface area contributed by atoms with Gasteiger partial charge < -0.3 is 20.4 Å². The van der Waals surface area contributed by atoms with E-state index in [0.29, 0.717) is 0 Å². The zero-order chi connectivity index (χ0) is 26.5. The monoisotopic (exact) mass is 538 g/mol. The lowest BCUT2D eigenvalue weighted by Crippen LogP contribution is -2.15. The molecule has 0 radical (unpaired) electrons. The van der Waals surface area contributed by atoms with Crippen molar-refractivity contribution in [2.45, 2.75) is 23.4 Å². The normalized spacial score (nSPS) is 18.1. The standard InChI is InChI=1S/C28H28O7P2/c29-25(21-13-5-1-6-14-21)36(33,26(30)22-15-7-2-8-16-22)35-37(34,27(31)23-17-9-3-10-18-23)28(32)24-19-11-4-12-20-24/h1-20,25-32H. The van der Waals surface area contributed by atoms with E-state index in [1.54, 1.807) is 72.8 Å². The summed E-state index contributed by atoms with van der Waals surface area (Å²) < 4.78 is 35.0. The summed E-state index contributed by atoms with van der Waals surface area (Å²) in [4.78, 5) is 0. The zero-order valence-corrected chi connectivity index (χ0v) is 21.6. The summed E-state index contributed by atoms with van der Waals surface area (Å²) in [6.07, 6.45) is 0. The molecule has 0 aliphatic carbocycles. The largest absolute Gasteiger partial charge is 0.378 e. The first-order chi connectivity index (χ1) is 17.8. The number of hydrogen-bond acceptors (Lipinski definition) is 7. The van der Waals surface area contributed by atoms with E-state index in [0.717, 1.165) is 0 Å². The Morgan fingerprint density at radius 1 is 0.405 bits per heavy atom. The van der Waals surface area contributed by atoms with Gasteiger partial charge in [0.15, 0.2) is 23.4 Å². The van der Waals surface area contributed by atoms with Gasteiger partial charge in [0.25, 0.3) is 14.7 Å². The predicted octanol–water partition coefficient (Wildman–Crippen LogP) is 6.32. The van der Waals surface area contributed by atoms with Crippen molar-refractivity contribution in [1.29, 1.82) is 0 Å². The fourth-order valence-electron chi connectivity index (χ4n) is 3.98. The predicted molar refractivity (Wildman–Crippen MR) is 142 cm³/mol. The summed E-state index contributed by atoms with van der Waals surface area (Å²) in [7, 11) is -9.57. The first-order valence-electron chi connectivity index (χ1n) is 11.6. The second-order valence-electron chi connectivity index (χ2n) is 8.51. The topological polar surface area (TPSA) is 124 Å². The van der Waals surface area contributed by atoms with Crippen LogP contribution in [0.1, 0.15) is 45.6 Å². The van der Waals surface area contributed by atoms with Gasteiger partial charge in [-0.15, -0.1) is 0 Å². The Labute approximate surface area is 215 Å². The third-order valence-electron chi connectivity index (χ3n) is 6.01. The van der Waals surface area contributed by atoms with Gasteiger partial charge in [-0.05, 0) is 22.3 Å². The van der Waals surface area contributed by atoms with Gasteiger partial charge in [0, 0.05) is 0 Å². The number of rotatable bonds is 10. The van der Waals surface area contributed by atoms with Gasteiger partial charge in [-0.3, -0.25) is 13.4 Å². The minimum Gasteiger partial charge on any atom is -0.378 e. The number of aliphatic hydroxyl groups excluding tert-OH is 4. The Hall–Kier alpha value is -2.86. The van der Waals surface area contributed by atoms with Crippen LogP contribution in [-0.4, -0.2) is 20.4 Å². The Morgan fingerprint density at radius 3 is 0.784 bits per heavy atom. The highest BCUT2D eigenvalue weighted by Crippen LogP contribution is 2.81. The summed E-state index contributed by atoms with van der Waals surface area (Å²) in [6.45, 7) is 0. The Balaban J connectivity index is 1.88. The third kappa shape index (κ3) is 5.69. The van der Waals surface area contributed by atoms with Gasteiger partial charge in [0.05, 0.1) is 0 Å². The maximum Gasteiger partial charge on any atom is 0.272 e. The third-order valence-corrected chi connectivity index (χ3v) is 12.0. The minimum absolute atomic E-state index is 0.149. The summed E-state index contributed by atoms with van der Waals surface area (Å²) in [5.41, 5.74) is 0.595. The lowest BCUT2D eigenvalue weighted by molar-refractivity contribution is 0.166.